The number of anilines is 1. The van der Waals surface area contributed by atoms with E-state index in [2.05, 4.69) is 11.7 Å². The van der Waals surface area contributed by atoms with Gasteiger partial charge in [0.1, 0.15) is 0 Å². The van der Waals surface area contributed by atoms with Crippen LogP contribution in [0, 0.1) is 6.92 Å². The number of hydrogen-bond acceptors (Lipinski definition) is 5. The van der Waals surface area contributed by atoms with Gasteiger partial charge in [0.25, 0.3) is 5.91 Å². The molecule has 0 spiro atoms. The first kappa shape index (κ1) is 19.4. The van der Waals surface area contributed by atoms with Gasteiger partial charge >= 0.3 is 0 Å². The van der Waals surface area contributed by atoms with Crippen LogP contribution in [0.15, 0.2) is 59.0 Å². The molecule has 0 saturated carbocycles. The predicted molar refractivity (Wildman–Crippen MR) is 114 cm³/mol. The highest BCUT2D eigenvalue weighted by Gasteiger charge is 2.39. The maximum Gasteiger partial charge on any atom is 0.286 e. The average molecular weight is 410 g/mol. The second kappa shape index (κ2) is 7.48. The van der Waals surface area contributed by atoms with Crippen molar-refractivity contribution in [3.05, 3.63) is 65.7 Å². The van der Waals surface area contributed by atoms with E-state index in [0.29, 0.717) is 25.3 Å². The van der Waals surface area contributed by atoms with Crippen molar-refractivity contribution in [3.8, 4) is 0 Å². The number of hydrogen-bond donors (Lipinski definition) is 0. The minimum absolute atomic E-state index is 0.128. The van der Waals surface area contributed by atoms with Crippen molar-refractivity contribution >= 4 is 32.6 Å². The van der Waals surface area contributed by atoms with Gasteiger partial charge in [-0.25, -0.2) is 8.42 Å². The van der Waals surface area contributed by atoms with Crippen molar-refractivity contribution in [2.24, 2.45) is 5.10 Å². The first-order valence-corrected chi connectivity index (χ1v) is 11.1. The van der Waals surface area contributed by atoms with Gasteiger partial charge in [-0.1, -0.05) is 43.0 Å². The molecule has 0 aliphatic carbocycles. The topological polar surface area (TPSA) is 70.1 Å². The molecule has 6 nitrogen and oxygen atoms in total. The Balaban J connectivity index is 1.78. The summed E-state index contributed by atoms with van der Waals surface area (Å²) in [6.45, 7) is 7.15. The molecule has 1 saturated heterocycles. The molecule has 150 valence electrons. The Morgan fingerprint density at radius 2 is 1.83 bits per heavy atom. The highest BCUT2D eigenvalue weighted by molar-refractivity contribution is 8.08. The smallest absolute Gasteiger partial charge is 0.286 e. The largest absolute Gasteiger partial charge is 0.337 e. The molecule has 0 radical (unpaired) electrons. The van der Waals surface area contributed by atoms with Crippen LogP contribution in [-0.2, 0) is 21.2 Å². The van der Waals surface area contributed by atoms with Gasteiger partial charge in [-0.2, -0.15) is 5.10 Å². The molecule has 4 rings (SSSR count). The van der Waals surface area contributed by atoms with Crippen molar-refractivity contribution in [2.75, 3.05) is 18.1 Å². The lowest BCUT2D eigenvalue weighted by atomic mass is 10.1. The molecular formula is C22H23N3O3S. The number of aryl methyl sites for hydroxylation is 1. The summed E-state index contributed by atoms with van der Waals surface area (Å²) in [5.74, 6) is -0.513. The molecule has 2 aromatic carbocycles. The molecule has 2 aliphatic heterocycles. The molecule has 29 heavy (non-hydrogen) atoms. The Kier molecular flexibility index (Phi) is 5.00. The number of amides is 1. The summed E-state index contributed by atoms with van der Waals surface area (Å²) in [5.41, 5.74) is 3.38. The first-order chi connectivity index (χ1) is 13.9. The van der Waals surface area contributed by atoms with E-state index in [1.807, 2.05) is 31.2 Å². The number of carbonyl (C=O) groups is 1. The van der Waals surface area contributed by atoms with E-state index in [9.17, 15) is 13.2 Å². The van der Waals surface area contributed by atoms with Crippen molar-refractivity contribution in [2.45, 2.75) is 31.2 Å². The standard InChI is InChI=1S/C22H23N3O3S/c1-3-17-7-9-18(10-8-17)15-25-19-14-16(2)6-11-20(19)29(27,28)21(23-25)22(26)24-12-4-5-13-24/h3,6-11,14H,1,4-5,12-13,15H2,2H3. The number of rotatable bonds is 4. The van der Waals surface area contributed by atoms with E-state index in [1.165, 1.54) is 0 Å². The number of likely N-dealkylation sites (tertiary alicyclic amines) is 1. The summed E-state index contributed by atoms with van der Waals surface area (Å²) in [4.78, 5) is 14.7. The lowest BCUT2D eigenvalue weighted by Gasteiger charge is -2.29. The van der Waals surface area contributed by atoms with E-state index in [1.54, 1.807) is 34.2 Å². The third-order valence-electron chi connectivity index (χ3n) is 5.27. The van der Waals surface area contributed by atoms with Gasteiger partial charge in [0.2, 0.25) is 14.9 Å². The van der Waals surface area contributed by atoms with Gasteiger partial charge in [0.15, 0.2) is 0 Å². The number of benzene rings is 2. The van der Waals surface area contributed by atoms with Crippen LogP contribution in [0.5, 0.6) is 0 Å². The maximum absolute atomic E-state index is 13.2. The molecule has 0 atom stereocenters. The molecule has 2 aromatic rings. The highest BCUT2D eigenvalue weighted by Crippen LogP contribution is 2.34. The van der Waals surface area contributed by atoms with Crippen molar-refractivity contribution in [1.29, 1.82) is 0 Å². The molecule has 2 heterocycles. The van der Waals surface area contributed by atoms with Gasteiger partial charge in [0.05, 0.1) is 17.1 Å². The van der Waals surface area contributed by atoms with Gasteiger partial charge < -0.3 is 4.90 Å². The van der Waals surface area contributed by atoms with Crippen LogP contribution in [0.4, 0.5) is 5.69 Å². The van der Waals surface area contributed by atoms with Gasteiger partial charge in [-0.05, 0) is 48.6 Å². The number of carbonyl (C=O) groups excluding carboxylic acids is 1. The molecule has 1 fully saturated rings. The fourth-order valence-electron chi connectivity index (χ4n) is 3.64. The zero-order valence-corrected chi connectivity index (χ0v) is 17.2. The number of sulfone groups is 1. The Morgan fingerprint density at radius 1 is 1.14 bits per heavy atom. The Bertz CT molecular complexity index is 1100. The zero-order chi connectivity index (χ0) is 20.6. The molecule has 1 amide bonds. The average Bonchev–Trinajstić information content (AvgIpc) is 3.25. The van der Waals surface area contributed by atoms with E-state index in [-0.39, 0.29) is 4.90 Å². The summed E-state index contributed by atoms with van der Waals surface area (Å²) < 4.78 is 26.4. The Labute approximate surface area is 171 Å². The highest BCUT2D eigenvalue weighted by atomic mass is 32.2. The van der Waals surface area contributed by atoms with E-state index in [0.717, 1.165) is 29.5 Å². The fourth-order valence-corrected chi connectivity index (χ4v) is 5.10. The molecule has 7 heteroatoms. The van der Waals surface area contributed by atoms with Crippen molar-refractivity contribution in [3.63, 3.8) is 0 Å². The molecule has 2 aliphatic rings. The summed E-state index contributed by atoms with van der Waals surface area (Å²) >= 11 is 0. The second-order valence-corrected chi connectivity index (χ2v) is 9.22. The van der Waals surface area contributed by atoms with Crippen molar-refractivity contribution in [1.82, 2.24) is 4.90 Å². The number of hydrazone groups is 1. The van der Waals surface area contributed by atoms with Gasteiger partial charge in [0, 0.05) is 13.1 Å². The SMILES string of the molecule is C=Cc1ccc(CN2N=C(C(=O)N3CCCC3)S(=O)(=O)c3ccc(C)cc32)cc1. The van der Waals surface area contributed by atoms with Crippen LogP contribution in [0.2, 0.25) is 0 Å². The Morgan fingerprint density at radius 3 is 2.48 bits per heavy atom. The van der Waals surface area contributed by atoms with Crippen LogP contribution in [-0.4, -0.2) is 37.4 Å². The van der Waals surface area contributed by atoms with Crippen LogP contribution in [0.1, 0.15) is 29.5 Å². The molecule has 0 aromatic heterocycles. The Hall–Kier alpha value is -2.93. The quantitative estimate of drug-likeness (QED) is 0.776. The molecular weight excluding hydrogens is 386 g/mol. The van der Waals surface area contributed by atoms with Crippen LogP contribution >= 0.6 is 0 Å². The van der Waals surface area contributed by atoms with Gasteiger partial charge in [-0.15, -0.1) is 0 Å². The predicted octanol–water partition coefficient (Wildman–Crippen LogP) is 3.37. The van der Waals surface area contributed by atoms with Crippen LogP contribution in [0.25, 0.3) is 6.08 Å². The third-order valence-corrected chi connectivity index (χ3v) is 6.96. The number of nitrogens with zero attached hydrogens (tertiary/aromatic N) is 3. The van der Waals surface area contributed by atoms with Crippen LogP contribution < -0.4 is 5.01 Å². The van der Waals surface area contributed by atoms with Crippen molar-refractivity contribution < 1.29 is 13.2 Å². The zero-order valence-electron chi connectivity index (χ0n) is 16.3. The van der Waals surface area contributed by atoms with Crippen LogP contribution in [0.3, 0.4) is 0 Å². The summed E-state index contributed by atoms with van der Waals surface area (Å²) in [6.07, 6.45) is 3.53. The third kappa shape index (κ3) is 3.58. The minimum Gasteiger partial charge on any atom is -0.337 e. The monoisotopic (exact) mass is 409 g/mol. The van der Waals surface area contributed by atoms with E-state index >= 15 is 0 Å². The fraction of sp³-hybridized carbons (Fsp3) is 0.273. The summed E-state index contributed by atoms with van der Waals surface area (Å²) in [5, 5.41) is 5.58. The molecule has 0 unspecified atom stereocenters. The van der Waals surface area contributed by atoms with E-state index in [4.69, 9.17) is 0 Å². The summed E-state index contributed by atoms with van der Waals surface area (Å²) in [7, 11) is -3.97. The van der Waals surface area contributed by atoms with Gasteiger partial charge in [-0.3, -0.25) is 9.80 Å². The number of fused-ring (bicyclic) bond motifs is 1. The lowest BCUT2D eigenvalue weighted by molar-refractivity contribution is -0.122. The lowest BCUT2D eigenvalue weighted by Crippen LogP contribution is -2.42. The first-order valence-electron chi connectivity index (χ1n) is 9.63. The van der Waals surface area contributed by atoms with E-state index < -0.39 is 20.8 Å². The second-order valence-electron chi connectivity index (χ2n) is 7.38. The molecule has 0 bridgehead atoms. The summed E-state index contributed by atoms with van der Waals surface area (Å²) in [6, 6.07) is 12.9. The normalized spacial score (nSPS) is 17.6. The maximum atomic E-state index is 13.2. The minimum atomic E-state index is -3.97. The molecule has 0 N–H and O–H groups in total.